The molecule has 3 rings (SSSR count). The highest BCUT2D eigenvalue weighted by Gasteiger charge is 2.26. The van der Waals surface area contributed by atoms with Crippen molar-refractivity contribution in [2.45, 2.75) is 77.7 Å². The Morgan fingerprint density at radius 2 is 1.49 bits per heavy atom. The quantitative estimate of drug-likeness (QED) is 0.118. The van der Waals surface area contributed by atoms with Crippen LogP contribution < -0.4 is 21.3 Å². The normalized spacial score (nSPS) is 14.4. The number of hydrogen-bond donors (Lipinski definition) is 3. The van der Waals surface area contributed by atoms with Gasteiger partial charge in [-0.1, -0.05) is 61.7 Å². The molecule has 2 aromatic carbocycles. The summed E-state index contributed by atoms with van der Waals surface area (Å²) in [5.41, 5.74) is 11.7. The summed E-state index contributed by atoms with van der Waals surface area (Å²) in [4.78, 5) is 39.0. The minimum absolute atomic E-state index is 0.00823. The number of nitrogens with zero attached hydrogens (tertiary/aromatic N) is 1. The van der Waals surface area contributed by atoms with Crippen molar-refractivity contribution in [1.82, 2.24) is 10.6 Å². The molecule has 0 spiro atoms. The third-order valence-corrected chi connectivity index (χ3v) is 8.62. The van der Waals surface area contributed by atoms with Gasteiger partial charge in [0, 0.05) is 57.7 Å². The summed E-state index contributed by atoms with van der Waals surface area (Å²) in [6, 6.07) is 15.6. The summed E-state index contributed by atoms with van der Waals surface area (Å²) in [6.07, 6.45) is 7.38. The number of carbonyl (C=O) groups is 3. The molecule has 0 bridgehead atoms. The van der Waals surface area contributed by atoms with Gasteiger partial charge in [-0.15, -0.1) is 0 Å². The van der Waals surface area contributed by atoms with Gasteiger partial charge in [0.2, 0.25) is 11.8 Å². The van der Waals surface area contributed by atoms with Crippen LogP contribution in [0.3, 0.4) is 0 Å². The molecule has 0 saturated heterocycles. The van der Waals surface area contributed by atoms with E-state index in [1.54, 1.807) is 19.1 Å². The van der Waals surface area contributed by atoms with Crippen LogP contribution in [0.2, 0.25) is 0 Å². The molecule has 10 nitrogen and oxygen atoms in total. The van der Waals surface area contributed by atoms with Crippen molar-refractivity contribution in [1.29, 1.82) is 0 Å². The molecule has 2 amide bonds. The number of ketones is 1. The van der Waals surface area contributed by atoms with Gasteiger partial charge < -0.3 is 39.6 Å². The summed E-state index contributed by atoms with van der Waals surface area (Å²) in [7, 11) is 1.91. The summed E-state index contributed by atoms with van der Waals surface area (Å²) >= 11 is 0. The Bertz CT molecular complexity index is 1280. The van der Waals surface area contributed by atoms with E-state index in [1.807, 2.05) is 48.5 Å². The van der Waals surface area contributed by atoms with Crippen LogP contribution >= 0.6 is 8.60 Å². The smallest absolute Gasteiger partial charge is 0.332 e. The first-order valence-corrected chi connectivity index (χ1v) is 16.9. The zero-order chi connectivity index (χ0) is 32.4. The second-order valence-corrected chi connectivity index (χ2v) is 12.5. The summed E-state index contributed by atoms with van der Waals surface area (Å²) < 4.78 is 15.6. The van der Waals surface area contributed by atoms with Crippen molar-refractivity contribution in [3.63, 3.8) is 0 Å². The number of para-hydroxylation sites is 1. The second kappa shape index (κ2) is 20.0. The standard InChI is InChI=1S/C34H49N4O6P/c1-26(39)20-21-32(41)38-25-27-15-8-9-16-28(27)33(35)34(29-17-10-11-18-30(29)38)37-23-13-6-7-19-31(40)36-22-12-4-5-14-24-44-45(42-2)43-3/h8-11,15-18,37H,4-7,12-14,19-25,35H2,1-3H3,(H,36,40)/b34-33-. The van der Waals surface area contributed by atoms with Gasteiger partial charge in [0.1, 0.15) is 5.78 Å². The molecule has 0 saturated carbocycles. The molecule has 0 aromatic heterocycles. The molecule has 4 N–H and O–H groups in total. The molecular formula is C34H49N4O6P. The molecule has 0 aliphatic carbocycles. The molecule has 0 atom stereocenters. The predicted octanol–water partition coefficient (Wildman–Crippen LogP) is 6.05. The number of fused-ring (bicyclic) bond motifs is 2. The number of unbranched alkanes of at least 4 members (excludes halogenated alkanes) is 5. The summed E-state index contributed by atoms with van der Waals surface area (Å²) in [6.45, 7) is 3.85. The lowest BCUT2D eigenvalue weighted by molar-refractivity contribution is -0.123. The number of Topliss-reactive ketones (excluding diaryl/α,β-unsaturated/α-hetero) is 1. The van der Waals surface area contributed by atoms with Crippen molar-refractivity contribution < 1.29 is 28.0 Å². The van der Waals surface area contributed by atoms with Crippen LogP contribution in [0.4, 0.5) is 5.69 Å². The van der Waals surface area contributed by atoms with E-state index in [0.29, 0.717) is 38.4 Å². The Labute approximate surface area is 269 Å². The van der Waals surface area contributed by atoms with E-state index >= 15 is 0 Å². The molecule has 45 heavy (non-hydrogen) atoms. The first-order chi connectivity index (χ1) is 21.8. The van der Waals surface area contributed by atoms with E-state index in [2.05, 4.69) is 10.6 Å². The van der Waals surface area contributed by atoms with Gasteiger partial charge in [-0.3, -0.25) is 9.59 Å². The van der Waals surface area contributed by atoms with E-state index in [9.17, 15) is 14.4 Å². The Morgan fingerprint density at radius 3 is 2.24 bits per heavy atom. The number of hydrogen-bond acceptors (Lipinski definition) is 8. The van der Waals surface area contributed by atoms with Crippen molar-refractivity contribution in [2.24, 2.45) is 5.73 Å². The Morgan fingerprint density at radius 1 is 0.822 bits per heavy atom. The SMILES string of the molecule is COP(OC)OCCCCCCNC(=O)CCCCCN/C1=C(\N)c2ccccc2CN(C(=O)CCC(C)=O)c2ccccc21. The molecular weight excluding hydrogens is 591 g/mol. The van der Waals surface area contributed by atoms with Crippen molar-refractivity contribution in [3.8, 4) is 0 Å². The maximum Gasteiger partial charge on any atom is 0.332 e. The van der Waals surface area contributed by atoms with Crippen molar-refractivity contribution >= 4 is 43.3 Å². The van der Waals surface area contributed by atoms with Crippen molar-refractivity contribution in [3.05, 3.63) is 65.2 Å². The number of benzene rings is 2. The lowest BCUT2D eigenvalue weighted by atomic mass is 9.95. The Balaban J connectivity index is 1.48. The van der Waals surface area contributed by atoms with E-state index in [-0.39, 0.29) is 30.4 Å². The molecule has 2 aromatic rings. The van der Waals surface area contributed by atoms with Crippen LogP contribution in [0.25, 0.3) is 11.4 Å². The molecule has 1 aliphatic heterocycles. The van der Waals surface area contributed by atoms with Gasteiger partial charge in [0.15, 0.2) is 0 Å². The minimum Gasteiger partial charge on any atom is -0.397 e. The van der Waals surface area contributed by atoms with Gasteiger partial charge in [0.25, 0.3) is 0 Å². The van der Waals surface area contributed by atoms with Crippen LogP contribution in [-0.2, 0) is 34.5 Å². The molecule has 1 heterocycles. The van der Waals surface area contributed by atoms with Gasteiger partial charge in [-0.05, 0) is 44.2 Å². The number of anilines is 1. The molecule has 246 valence electrons. The van der Waals surface area contributed by atoms with E-state index < -0.39 is 8.60 Å². The molecule has 11 heteroatoms. The van der Waals surface area contributed by atoms with Gasteiger partial charge in [0.05, 0.1) is 30.2 Å². The Hall–Kier alpha value is -3.30. The highest BCUT2D eigenvalue weighted by atomic mass is 31.2. The van der Waals surface area contributed by atoms with E-state index in [0.717, 1.165) is 73.0 Å². The number of carbonyl (C=O) groups excluding carboxylic acids is 3. The average molecular weight is 641 g/mol. The van der Waals surface area contributed by atoms with Crippen LogP contribution in [0.15, 0.2) is 48.5 Å². The highest BCUT2D eigenvalue weighted by Crippen LogP contribution is 2.37. The fraction of sp³-hybridized carbons (Fsp3) is 0.500. The van der Waals surface area contributed by atoms with Crippen LogP contribution in [0.1, 0.15) is 87.8 Å². The topological polar surface area (TPSA) is 132 Å². The first kappa shape index (κ1) is 36.2. The zero-order valence-electron chi connectivity index (χ0n) is 26.9. The van der Waals surface area contributed by atoms with Gasteiger partial charge in [-0.25, -0.2) is 0 Å². The fourth-order valence-electron chi connectivity index (χ4n) is 5.22. The van der Waals surface area contributed by atoms with Crippen molar-refractivity contribution in [2.75, 3.05) is 38.8 Å². The highest BCUT2D eigenvalue weighted by molar-refractivity contribution is 7.41. The third-order valence-electron chi connectivity index (χ3n) is 7.63. The number of nitrogens with two attached hydrogens (primary N) is 1. The monoisotopic (exact) mass is 640 g/mol. The number of amides is 2. The maximum atomic E-state index is 13.4. The number of nitrogens with one attached hydrogen (secondary N) is 2. The van der Waals surface area contributed by atoms with E-state index in [1.165, 1.54) is 6.92 Å². The third kappa shape index (κ3) is 11.9. The lowest BCUT2D eigenvalue weighted by Gasteiger charge is -2.30. The second-order valence-electron chi connectivity index (χ2n) is 11.1. The molecule has 1 aliphatic rings. The van der Waals surface area contributed by atoms with Gasteiger partial charge in [-0.2, -0.15) is 0 Å². The summed E-state index contributed by atoms with van der Waals surface area (Å²) in [5.74, 6) is -0.0188. The Kier molecular flexibility index (Phi) is 16.0. The largest absolute Gasteiger partial charge is 0.397 e. The molecule has 0 fully saturated rings. The van der Waals surface area contributed by atoms with Crippen LogP contribution in [-0.4, -0.2) is 51.5 Å². The number of rotatable bonds is 20. The predicted molar refractivity (Wildman–Crippen MR) is 180 cm³/mol. The molecule has 0 unspecified atom stereocenters. The maximum absolute atomic E-state index is 13.4. The summed E-state index contributed by atoms with van der Waals surface area (Å²) in [5, 5.41) is 6.57. The van der Waals surface area contributed by atoms with Gasteiger partial charge >= 0.3 is 8.60 Å². The first-order valence-electron chi connectivity index (χ1n) is 15.8. The zero-order valence-corrected chi connectivity index (χ0v) is 27.8. The molecule has 0 radical (unpaired) electrons. The fourth-order valence-corrected chi connectivity index (χ4v) is 5.86. The average Bonchev–Trinajstić information content (AvgIpc) is 3.04. The van der Waals surface area contributed by atoms with Crippen LogP contribution in [0.5, 0.6) is 0 Å². The minimum atomic E-state index is -1.23. The lowest BCUT2D eigenvalue weighted by Crippen LogP contribution is -2.34. The van der Waals surface area contributed by atoms with Crippen LogP contribution in [0, 0.1) is 0 Å². The van der Waals surface area contributed by atoms with E-state index in [4.69, 9.17) is 19.3 Å².